The molecule has 0 aliphatic rings. The first-order chi connectivity index (χ1) is 16.1. The summed E-state index contributed by atoms with van der Waals surface area (Å²) in [6, 6.07) is 6.59. The second-order valence-corrected chi connectivity index (χ2v) is 12.4. The Morgan fingerprint density at radius 1 is 1.15 bits per heavy atom. The van der Waals surface area contributed by atoms with Gasteiger partial charge in [0.05, 0.1) is 11.0 Å². The number of benzene rings is 1. The van der Waals surface area contributed by atoms with Gasteiger partial charge in [0.25, 0.3) is 0 Å². The van der Waals surface area contributed by atoms with Gasteiger partial charge in [-0.05, 0) is 77.2 Å². The van der Waals surface area contributed by atoms with Crippen LogP contribution in [0.15, 0.2) is 18.2 Å². The molecule has 1 amide bonds. The first kappa shape index (κ1) is 26.2. The first-order valence-electron chi connectivity index (χ1n) is 12.3. The molecular weight excluding hydrogens is 445 g/mol. The minimum Gasteiger partial charge on any atom is -0.444 e. The monoisotopic (exact) mass is 485 g/mol. The fourth-order valence-electron chi connectivity index (χ4n) is 4.07. The summed E-state index contributed by atoms with van der Waals surface area (Å²) in [6.45, 7) is 13.8. The largest absolute Gasteiger partial charge is 0.444 e. The van der Waals surface area contributed by atoms with Crippen molar-refractivity contribution in [3.05, 3.63) is 24.0 Å². The summed E-state index contributed by atoms with van der Waals surface area (Å²) in [4.78, 5) is 21.5. The van der Waals surface area contributed by atoms with E-state index in [4.69, 9.17) is 20.4 Å². The smallest absolute Gasteiger partial charge is 0.407 e. The summed E-state index contributed by atoms with van der Waals surface area (Å²) >= 11 is 0. The molecule has 2 heterocycles. The number of ether oxygens (including phenoxy) is 1. The number of pyridine rings is 1. The molecule has 3 N–H and O–H groups in total. The average molecular weight is 486 g/mol. The summed E-state index contributed by atoms with van der Waals surface area (Å²) in [6.07, 6.45) is 5.69. The third-order valence-corrected chi connectivity index (χ3v) is 7.07. The van der Waals surface area contributed by atoms with Crippen molar-refractivity contribution in [2.75, 3.05) is 25.6 Å². The summed E-state index contributed by atoms with van der Waals surface area (Å²) in [5.41, 5.74) is 8.78. The maximum absolute atomic E-state index is 11.8. The lowest BCUT2D eigenvalue weighted by atomic mass is 10.1. The number of nitrogen functional groups attached to an aromatic ring is 1. The Hall–Kier alpha value is -2.40. The highest BCUT2D eigenvalue weighted by Gasteiger charge is 2.18. The number of nitrogens with two attached hydrogens (primary N) is 1. The van der Waals surface area contributed by atoms with Crippen LogP contribution < -0.4 is 16.4 Å². The summed E-state index contributed by atoms with van der Waals surface area (Å²) in [7, 11) is -0.202. The highest BCUT2D eigenvalue weighted by atomic mass is 31.1. The van der Waals surface area contributed by atoms with Crippen molar-refractivity contribution in [1.29, 1.82) is 0 Å². The Labute approximate surface area is 204 Å². The number of carbonyl (C=O) groups is 1. The van der Waals surface area contributed by atoms with Gasteiger partial charge in [-0.3, -0.25) is 0 Å². The summed E-state index contributed by atoms with van der Waals surface area (Å²) < 4.78 is 7.65. The molecule has 0 saturated heterocycles. The van der Waals surface area contributed by atoms with Crippen LogP contribution in [0.3, 0.4) is 0 Å². The van der Waals surface area contributed by atoms with Gasteiger partial charge >= 0.3 is 6.09 Å². The molecule has 0 fully saturated rings. The van der Waals surface area contributed by atoms with Gasteiger partial charge in [0, 0.05) is 24.9 Å². The second-order valence-electron chi connectivity index (χ2n) is 10.1. The van der Waals surface area contributed by atoms with E-state index in [0.29, 0.717) is 12.4 Å². The van der Waals surface area contributed by atoms with E-state index in [1.54, 1.807) is 0 Å². The number of hydrogen-bond acceptors (Lipinski definition) is 5. The Morgan fingerprint density at radius 2 is 1.91 bits per heavy atom. The molecular formula is C26H40N5O2P. The highest BCUT2D eigenvalue weighted by molar-refractivity contribution is 7.64. The number of fused-ring (bicyclic) bond motifs is 3. The molecule has 0 atom stereocenters. The Morgan fingerprint density at radius 3 is 2.59 bits per heavy atom. The number of unbranched alkanes of at least 4 members (excludes halogenated alkanes) is 3. The molecule has 3 aromatic rings. The van der Waals surface area contributed by atoms with E-state index in [1.165, 1.54) is 5.30 Å². The van der Waals surface area contributed by atoms with Gasteiger partial charge in [-0.15, -0.1) is 0 Å². The van der Waals surface area contributed by atoms with E-state index in [2.05, 4.69) is 48.3 Å². The van der Waals surface area contributed by atoms with Crippen LogP contribution in [0.1, 0.15) is 65.6 Å². The maximum atomic E-state index is 11.8. The number of imidazole rings is 1. The molecule has 7 nitrogen and oxygen atoms in total. The highest BCUT2D eigenvalue weighted by Crippen LogP contribution is 2.32. The van der Waals surface area contributed by atoms with E-state index in [9.17, 15) is 4.79 Å². The molecule has 0 bridgehead atoms. The van der Waals surface area contributed by atoms with E-state index in [-0.39, 0.29) is 14.0 Å². The number of aromatic nitrogens is 3. The Bertz CT molecular complexity index is 1130. The zero-order valence-electron chi connectivity index (χ0n) is 21.6. The number of aryl methyl sites for hydroxylation is 2. The molecule has 34 heavy (non-hydrogen) atoms. The van der Waals surface area contributed by atoms with Crippen LogP contribution in [0.5, 0.6) is 0 Å². The van der Waals surface area contributed by atoms with Crippen molar-refractivity contribution in [3.63, 3.8) is 0 Å². The molecule has 2 aromatic heterocycles. The topological polar surface area (TPSA) is 95.1 Å². The minimum absolute atomic E-state index is 0.202. The van der Waals surface area contributed by atoms with Gasteiger partial charge in [0.2, 0.25) is 0 Å². The third-order valence-electron chi connectivity index (χ3n) is 5.76. The van der Waals surface area contributed by atoms with E-state index in [0.717, 1.165) is 72.8 Å². The van der Waals surface area contributed by atoms with Crippen molar-refractivity contribution in [1.82, 2.24) is 19.9 Å². The van der Waals surface area contributed by atoms with Crippen molar-refractivity contribution >= 4 is 47.1 Å². The quantitative estimate of drug-likeness (QED) is 0.289. The van der Waals surface area contributed by atoms with Gasteiger partial charge in [-0.25, -0.2) is 14.8 Å². The lowest BCUT2D eigenvalue weighted by Crippen LogP contribution is -2.33. The minimum atomic E-state index is -0.474. The average Bonchev–Trinajstić information content (AvgIpc) is 3.12. The number of anilines is 1. The predicted octanol–water partition coefficient (Wildman–Crippen LogP) is 5.57. The van der Waals surface area contributed by atoms with Gasteiger partial charge in [0.15, 0.2) is 5.82 Å². The van der Waals surface area contributed by atoms with Crippen LogP contribution in [0.2, 0.25) is 0 Å². The molecule has 8 heteroatoms. The van der Waals surface area contributed by atoms with E-state index in [1.807, 2.05) is 20.8 Å². The molecule has 0 saturated carbocycles. The third kappa shape index (κ3) is 6.59. The predicted molar refractivity (Wildman–Crippen MR) is 145 cm³/mol. The van der Waals surface area contributed by atoms with Crippen molar-refractivity contribution < 1.29 is 9.53 Å². The number of carbonyl (C=O) groups excluding carboxylic acids is 1. The fourth-order valence-corrected chi connectivity index (χ4v) is 4.82. The molecule has 0 aliphatic carbocycles. The standard InChI is InChI=1S/C26H40N5O2P/c1-7-8-12-21-30-22-23(19-14-13-18(34(5)6)17-20(19)29-24(22)27)31(21)16-11-9-10-15-28-25(32)33-26(2,3)4/h13-14,17H,7-12,15-16H2,1-6H3,(H2,27,29)(H,28,32). The van der Waals surface area contributed by atoms with Crippen LogP contribution in [0.25, 0.3) is 21.9 Å². The van der Waals surface area contributed by atoms with Crippen LogP contribution in [-0.2, 0) is 17.7 Å². The Kier molecular flexibility index (Phi) is 8.75. The second kappa shape index (κ2) is 11.4. The van der Waals surface area contributed by atoms with Crippen LogP contribution in [0, 0.1) is 0 Å². The zero-order valence-corrected chi connectivity index (χ0v) is 22.5. The number of hydrogen-bond donors (Lipinski definition) is 2. The van der Waals surface area contributed by atoms with Crippen LogP contribution >= 0.6 is 7.92 Å². The van der Waals surface area contributed by atoms with E-state index >= 15 is 0 Å². The van der Waals surface area contributed by atoms with Gasteiger partial charge in [-0.1, -0.05) is 27.3 Å². The van der Waals surface area contributed by atoms with Crippen LogP contribution in [-0.4, -0.2) is 46.1 Å². The lowest BCUT2D eigenvalue weighted by Gasteiger charge is -2.19. The van der Waals surface area contributed by atoms with Gasteiger partial charge in [-0.2, -0.15) is 0 Å². The molecule has 0 unspecified atom stereocenters. The van der Waals surface area contributed by atoms with Crippen molar-refractivity contribution in [2.45, 2.75) is 78.4 Å². The number of nitrogens with one attached hydrogen (secondary N) is 1. The number of rotatable bonds is 10. The number of alkyl carbamates (subject to hydrolysis) is 1. The van der Waals surface area contributed by atoms with E-state index < -0.39 is 5.60 Å². The summed E-state index contributed by atoms with van der Waals surface area (Å²) in [5, 5.41) is 5.28. The number of nitrogens with zero attached hydrogens (tertiary/aromatic N) is 3. The molecule has 186 valence electrons. The normalized spacial score (nSPS) is 12.1. The molecule has 3 rings (SSSR count). The van der Waals surface area contributed by atoms with Crippen LogP contribution in [0.4, 0.5) is 10.6 Å². The fraction of sp³-hybridized carbons (Fsp3) is 0.577. The lowest BCUT2D eigenvalue weighted by molar-refractivity contribution is 0.0527. The first-order valence-corrected chi connectivity index (χ1v) is 14.6. The maximum Gasteiger partial charge on any atom is 0.407 e. The SMILES string of the molecule is CCCCc1nc2c(N)nc3cc(P(C)C)ccc3c2n1CCCCCNC(=O)OC(C)(C)C. The Balaban J connectivity index is 1.78. The number of amides is 1. The van der Waals surface area contributed by atoms with Gasteiger partial charge in [0.1, 0.15) is 16.9 Å². The molecule has 0 radical (unpaired) electrons. The van der Waals surface area contributed by atoms with Crippen molar-refractivity contribution in [2.24, 2.45) is 0 Å². The summed E-state index contributed by atoms with van der Waals surface area (Å²) in [5.74, 6) is 1.59. The zero-order chi connectivity index (χ0) is 24.9. The van der Waals surface area contributed by atoms with Gasteiger partial charge < -0.3 is 20.4 Å². The van der Waals surface area contributed by atoms with Crippen molar-refractivity contribution in [3.8, 4) is 0 Å². The molecule has 0 spiro atoms. The molecule has 1 aromatic carbocycles. The molecule has 0 aliphatic heterocycles.